The molecule has 0 N–H and O–H groups in total. The summed E-state index contributed by atoms with van der Waals surface area (Å²) >= 11 is 0. The Morgan fingerprint density at radius 3 is 2.47 bits per heavy atom. The van der Waals surface area contributed by atoms with Gasteiger partial charge in [0.05, 0.1) is 17.1 Å². The van der Waals surface area contributed by atoms with Crippen LogP contribution in [0.15, 0.2) is 18.3 Å². The molecule has 6 heteroatoms. The fourth-order valence-electron chi connectivity index (χ4n) is 5.98. The zero-order valence-electron chi connectivity index (χ0n) is 18.5. The van der Waals surface area contributed by atoms with Crippen LogP contribution in [0.3, 0.4) is 0 Å². The highest BCUT2D eigenvalue weighted by Crippen LogP contribution is 2.53. The highest BCUT2D eigenvalue weighted by atomic mass is 16.5. The van der Waals surface area contributed by atoms with Crippen molar-refractivity contribution >= 4 is 0 Å². The molecule has 2 saturated heterocycles. The van der Waals surface area contributed by atoms with E-state index in [1.165, 1.54) is 58.2 Å². The number of rotatable bonds is 5. The lowest BCUT2D eigenvalue weighted by molar-refractivity contribution is -0.0227. The summed E-state index contributed by atoms with van der Waals surface area (Å²) in [6, 6.07) is 4.27. The number of piperidine rings is 1. The molecule has 5 rings (SSSR count). The number of ether oxygens (including phenoxy) is 1. The van der Waals surface area contributed by atoms with E-state index in [0.29, 0.717) is 5.41 Å². The molecule has 6 nitrogen and oxygen atoms in total. The first-order valence-corrected chi connectivity index (χ1v) is 11.7. The Hall–Kier alpha value is -1.79. The van der Waals surface area contributed by atoms with Crippen molar-refractivity contribution in [1.29, 1.82) is 0 Å². The fourth-order valence-corrected chi connectivity index (χ4v) is 5.98. The van der Waals surface area contributed by atoms with Crippen molar-refractivity contribution in [1.82, 2.24) is 24.9 Å². The lowest BCUT2D eigenvalue weighted by atomic mass is 9.56. The van der Waals surface area contributed by atoms with E-state index in [-0.39, 0.29) is 0 Å². The molecule has 0 radical (unpaired) electrons. The summed E-state index contributed by atoms with van der Waals surface area (Å²) in [5, 5.41) is 13.4. The number of hydrogen-bond acceptors (Lipinski definition) is 5. The molecule has 0 unspecified atom stereocenters. The molecule has 3 aliphatic rings. The zero-order valence-corrected chi connectivity index (χ0v) is 18.5. The average molecular weight is 410 g/mol. The Labute approximate surface area is 180 Å². The van der Waals surface area contributed by atoms with Gasteiger partial charge in [0.1, 0.15) is 0 Å². The second-order valence-electron chi connectivity index (χ2n) is 10.0. The Balaban J connectivity index is 1.09. The van der Waals surface area contributed by atoms with Gasteiger partial charge in [0, 0.05) is 38.6 Å². The summed E-state index contributed by atoms with van der Waals surface area (Å²) in [7, 11) is 1.94. The van der Waals surface area contributed by atoms with Crippen LogP contribution in [0.2, 0.25) is 0 Å². The number of hydrogen-bond donors (Lipinski definition) is 0. The Morgan fingerprint density at radius 1 is 1.07 bits per heavy atom. The minimum Gasteiger partial charge on any atom is -0.381 e. The van der Waals surface area contributed by atoms with E-state index in [4.69, 9.17) is 4.74 Å². The molecule has 2 aromatic rings. The van der Waals surface area contributed by atoms with Crippen LogP contribution in [-0.4, -0.2) is 57.7 Å². The lowest BCUT2D eigenvalue weighted by Crippen LogP contribution is -2.48. The van der Waals surface area contributed by atoms with Crippen LogP contribution in [0, 0.1) is 24.2 Å². The van der Waals surface area contributed by atoms with Gasteiger partial charge in [0.25, 0.3) is 0 Å². The summed E-state index contributed by atoms with van der Waals surface area (Å²) in [5.41, 5.74) is 4.76. The van der Waals surface area contributed by atoms with Gasteiger partial charge in [-0.15, -0.1) is 0 Å². The fraction of sp³-hybridized carbons (Fsp3) is 0.708. The van der Waals surface area contributed by atoms with E-state index in [2.05, 4.69) is 32.3 Å². The van der Waals surface area contributed by atoms with Crippen LogP contribution in [-0.2, 0) is 18.2 Å². The second-order valence-corrected chi connectivity index (χ2v) is 10.0. The normalized spacial score (nSPS) is 23.0. The predicted octanol–water partition coefficient (Wildman–Crippen LogP) is 3.65. The quantitative estimate of drug-likeness (QED) is 0.755. The third-order valence-electron chi connectivity index (χ3n) is 7.72. The van der Waals surface area contributed by atoms with Crippen LogP contribution in [0.4, 0.5) is 0 Å². The molecule has 1 saturated carbocycles. The van der Waals surface area contributed by atoms with Crippen molar-refractivity contribution in [2.24, 2.45) is 24.3 Å². The summed E-state index contributed by atoms with van der Waals surface area (Å²) in [5.74, 6) is 1.64. The third-order valence-corrected chi connectivity index (χ3v) is 7.72. The van der Waals surface area contributed by atoms with Gasteiger partial charge in [-0.3, -0.25) is 4.68 Å². The highest BCUT2D eigenvalue weighted by Gasteiger charge is 2.45. The molecule has 1 aliphatic carbocycles. The van der Waals surface area contributed by atoms with Gasteiger partial charge >= 0.3 is 0 Å². The van der Waals surface area contributed by atoms with Crippen molar-refractivity contribution in [2.75, 3.05) is 32.8 Å². The molecule has 3 fully saturated rings. The first kappa shape index (κ1) is 20.1. The summed E-state index contributed by atoms with van der Waals surface area (Å²) in [6.07, 6.45) is 11.1. The van der Waals surface area contributed by atoms with E-state index < -0.39 is 0 Å². The molecule has 0 amide bonds. The largest absolute Gasteiger partial charge is 0.381 e. The molecule has 162 valence electrons. The van der Waals surface area contributed by atoms with Gasteiger partial charge in [-0.05, 0) is 94.3 Å². The van der Waals surface area contributed by atoms with Crippen LogP contribution >= 0.6 is 0 Å². The lowest BCUT2D eigenvalue weighted by Gasteiger charge is -2.53. The zero-order chi connectivity index (χ0) is 20.6. The highest BCUT2D eigenvalue weighted by molar-refractivity contribution is 5.60. The molecule has 4 heterocycles. The Morgan fingerprint density at radius 2 is 1.83 bits per heavy atom. The molecular weight excluding hydrogens is 374 g/mol. The third kappa shape index (κ3) is 4.30. The molecular formula is C24H35N5O. The first-order valence-electron chi connectivity index (χ1n) is 11.7. The van der Waals surface area contributed by atoms with Crippen LogP contribution in [0.25, 0.3) is 11.3 Å². The van der Waals surface area contributed by atoms with E-state index in [1.807, 2.05) is 24.9 Å². The van der Waals surface area contributed by atoms with E-state index in [9.17, 15) is 0 Å². The van der Waals surface area contributed by atoms with Gasteiger partial charge < -0.3 is 9.64 Å². The maximum atomic E-state index is 5.51. The van der Waals surface area contributed by atoms with Crippen molar-refractivity contribution in [3.63, 3.8) is 0 Å². The van der Waals surface area contributed by atoms with Crippen molar-refractivity contribution < 1.29 is 4.74 Å². The van der Waals surface area contributed by atoms with Gasteiger partial charge in [-0.2, -0.15) is 15.3 Å². The molecule has 0 aromatic carbocycles. The topological polar surface area (TPSA) is 56.1 Å². The summed E-state index contributed by atoms with van der Waals surface area (Å²) in [6.45, 7) is 7.84. The van der Waals surface area contributed by atoms with Gasteiger partial charge in [-0.1, -0.05) is 0 Å². The smallest absolute Gasteiger partial charge is 0.0964 e. The minimum atomic E-state index is 0.622. The van der Waals surface area contributed by atoms with E-state index in [1.54, 1.807) is 0 Å². The minimum absolute atomic E-state index is 0.622. The Kier molecular flexibility index (Phi) is 5.63. The molecule has 2 aromatic heterocycles. The van der Waals surface area contributed by atoms with Crippen molar-refractivity contribution in [3.8, 4) is 11.3 Å². The molecule has 0 bridgehead atoms. The van der Waals surface area contributed by atoms with Gasteiger partial charge in [0.15, 0.2) is 0 Å². The monoisotopic (exact) mass is 409 g/mol. The van der Waals surface area contributed by atoms with Crippen molar-refractivity contribution in [3.05, 3.63) is 29.7 Å². The molecule has 1 spiro atoms. The maximum Gasteiger partial charge on any atom is 0.0964 e. The van der Waals surface area contributed by atoms with Gasteiger partial charge in [-0.25, -0.2) is 0 Å². The second kappa shape index (κ2) is 8.39. The predicted molar refractivity (Wildman–Crippen MR) is 117 cm³/mol. The van der Waals surface area contributed by atoms with Crippen LogP contribution in [0.1, 0.15) is 49.9 Å². The van der Waals surface area contributed by atoms with E-state index in [0.717, 1.165) is 54.1 Å². The standard InChI is InChI=1S/C24H35N5O/c1-18-22(17-28(2)27-18)23-4-3-21(25-26-23)13-20-14-24(15-20)7-9-29(10-8-24)16-19-5-11-30-12-6-19/h3-4,17,19-20H,5-16H2,1-2H3. The maximum absolute atomic E-state index is 5.51. The molecule has 30 heavy (non-hydrogen) atoms. The SMILES string of the molecule is Cc1nn(C)cc1-c1ccc(CC2CC3(CCN(CC4CCOCC4)CC3)C2)nn1. The van der Waals surface area contributed by atoms with Crippen molar-refractivity contribution in [2.45, 2.75) is 51.9 Å². The Bertz CT molecular complexity index is 839. The van der Waals surface area contributed by atoms with Crippen LogP contribution in [0.5, 0.6) is 0 Å². The summed E-state index contributed by atoms with van der Waals surface area (Å²) in [4.78, 5) is 2.72. The molecule has 0 atom stereocenters. The number of aromatic nitrogens is 4. The van der Waals surface area contributed by atoms with Crippen LogP contribution < -0.4 is 0 Å². The van der Waals surface area contributed by atoms with E-state index >= 15 is 0 Å². The summed E-state index contributed by atoms with van der Waals surface area (Å²) < 4.78 is 7.35. The number of likely N-dealkylation sites (tertiary alicyclic amines) is 1. The number of aryl methyl sites for hydroxylation is 2. The van der Waals surface area contributed by atoms with Gasteiger partial charge in [0.2, 0.25) is 0 Å². The first-order chi connectivity index (χ1) is 14.6. The molecule has 2 aliphatic heterocycles. The number of nitrogens with zero attached hydrogens (tertiary/aromatic N) is 5. The average Bonchev–Trinajstić information content (AvgIpc) is 3.08.